The van der Waals surface area contributed by atoms with Gasteiger partial charge in [-0.2, -0.15) is 0 Å². The molecular weight excluding hydrogens is 302 g/mol. The highest BCUT2D eigenvalue weighted by atomic mass is 32.2. The molecule has 1 aromatic rings. The molecule has 0 aliphatic heterocycles. The van der Waals surface area contributed by atoms with Gasteiger partial charge in [0, 0.05) is 16.9 Å². The van der Waals surface area contributed by atoms with Crippen LogP contribution in [0.25, 0.3) is 0 Å². The molecule has 0 saturated heterocycles. The summed E-state index contributed by atoms with van der Waals surface area (Å²) in [6, 6.07) is 6.56. The van der Waals surface area contributed by atoms with Gasteiger partial charge in [-0.05, 0) is 44.0 Å². The maximum atomic E-state index is 12.4. The van der Waals surface area contributed by atoms with Crippen molar-refractivity contribution in [1.29, 1.82) is 0 Å². The summed E-state index contributed by atoms with van der Waals surface area (Å²) in [4.78, 5) is 12.4. The number of rotatable bonds is 4. The van der Waals surface area contributed by atoms with Crippen molar-refractivity contribution in [2.24, 2.45) is 11.7 Å². The maximum absolute atomic E-state index is 12.4. The Morgan fingerprint density at radius 3 is 2.36 bits per heavy atom. The first-order valence-electron chi connectivity index (χ1n) is 7.35. The quantitative estimate of drug-likeness (QED) is 0.787. The Hall–Kier alpha value is -1.60. The van der Waals surface area contributed by atoms with E-state index < -0.39 is 15.6 Å². The highest BCUT2D eigenvalue weighted by Gasteiger charge is 2.37. The third-order valence-corrected chi connectivity index (χ3v) is 4.63. The average Bonchev–Trinajstić information content (AvgIpc) is 2.38. The third-order valence-electron chi connectivity index (χ3n) is 4.03. The van der Waals surface area contributed by atoms with Gasteiger partial charge in [-0.25, -0.2) is 8.42 Å². The number of anilines is 2. The molecule has 1 aromatic carbocycles. The van der Waals surface area contributed by atoms with Gasteiger partial charge in [0.2, 0.25) is 15.9 Å². The molecule has 2 unspecified atom stereocenters. The fourth-order valence-electron chi connectivity index (χ4n) is 2.85. The summed E-state index contributed by atoms with van der Waals surface area (Å²) in [5.74, 6) is -0.274. The first kappa shape index (κ1) is 16.8. The first-order chi connectivity index (χ1) is 10.2. The van der Waals surface area contributed by atoms with Crippen molar-refractivity contribution in [3.8, 4) is 0 Å². The maximum Gasteiger partial charge on any atom is 0.229 e. The lowest BCUT2D eigenvalue weighted by atomic mass is 9.74. The van der Waals surface area contributed by atoms with Crippen molar-refractivity contribution in [3.63, 3.8) is 0 Å². The summed E-state index contributed by atoms with van der Waals surface area (Å²) in [5.41, 5.74) is 6.85. The SMILES string of the molecule is CC1(N)CCCCC1C(=O)Nc1ccc(NS(C)(=O)=O)cc1. The lowest BCUT2D eigenvalue weighted by molar-refractivity contribution is -0.122. The highest BCUT2D eigenvalue weighted by Crippen LogP contribution is 2.32. The largest absolute Gasteiger partial charge is 0.326 e. The molecule has 2 rings (SSSR count). The zero-order valence-corrected chi connectivity index (χ0v) is 13.7. The summed E-state index contributed by atoms with van der Waals surface area (Å²) >= 11 is 0. The minimum absolute atomic E-state index is 0.0754. The molecule has 1 saturated carbocycles. The van der Waals surface area contributed by atoms with E-state index in [1.54, 1.807) is 24.3 Å². The Morgan fingerprint density at radius 1 is 1.23 bits per heavy atom. The van der Waals surface area contributed by atoms with Gasteiger partial charge in [0.15, 0.2) is 0 Å². The van der Waals surface area contributed by atoms with Crippen molar-refractivity contribution < 1.29 is 13.2 Å². The molecule has 22 heavy (non-hydrogen) atoms. The van der Waals surface area contributed by atoms with Gasteiger partial charge >= 0.3 is 0 Å². The predicted octanol–water partition coefficient (Wildman–Crippen LogP) is 1.90. The van der Waals surface area contributed by atoms with Crippen LogP contribution in [-0.4, -0.2) is 26.1 Å². The van der Waals surface area contributed by atoms with Crippen molar-refractivity contribution in [2.75, 3.05) is 16.3 Å². The van der Waals surface area contributed by atoms with Crippen LogP contribution in [0.5, 0.6) is 0 Å². The van der Waals surface area contributed by atoms with Crippen LogP contribution in [0.3, 0.4) is 0 Å². The molecule has 1 fully saturated rings. The fraction of sp³-hybridized carbons (Fsp3) is 0.533. The smallest absolute Gasteiger partial charge is 0.229 e. The molecule has 1 aliphatic rings. The molecule has 0 aromatic heterocycles. The van der Waals surface area contributed by atoms with Crippen LogP contribution in [0, 0.1) is 5.92 Å². The molecular formula is C15H23N3O3S. The number of nitrogens with one attached hydrogen (secondary N) is 2. The minimum Gasteiger partial charge on any atom is -0.326 e. The number of amides is 1. The van der Waals surface area contributed by atoms with E-state index in [1.807, 2.05) is 6.92 Å². The van der Waals surface area contributed by atoms with E-state index in [2.05, 4.69) is 10.0 Å². The summed E-state index contributed by atoms with van der Waals surface area (Å²) in [7, 11) is -3.30. The van der Waals surface area contributed by atoms with Crippen LogP contribution >= 0.6 is 0 Å². The number of hydrogen-bond donors (Lipinski definition) is 3. The third kappa shape index (κ3) is 4.45. The van der Waals surface area contributed by atoms with Crippen molar-refractivity contribution >= 4 is 27.3 Å². The zero-order valence-electron chi connectivity index (χ0n) is 12.9. The van der Waals surface area contributed by atoms with Crippen LogP contribution in [0.15, 0.2) is 24.3 Å². The van der Waals surface area contributed by atoms with Gasteiger partial charge < -0.3 is 11.1 Å². The minimum atomic E-state index is -3.30. The Labute approximate surface area is 131 Å². The molecule has 4 N–H and O–H groups in total. The topological polar surface area (TPSA) is 101 Å². The summed E-state index contributed by atoms with van der Waals surface area (Å²) in [6.45, 7) is 1.93. The molecule has 122 valence electrons. The number of nitrogens with two attached hydrogens (primary N) is 1. The number of carbonyl (C=O) groups is 1. The first-order valence-corrected chi connectivity index (χ1v) is 9.24. The number of hydrogen-bond acceptors (Lipinski definition) is 4. The van der Waals surface area contributed by atoms with Crippen molar-refractivity contribution in [2.45, 2.75) is 38.1 Å². The number of benzene rings is 1. The zero-order chi connectivity index (χ0) is 16.4. The Balaban J connectivity index is 2.03. The molecule has 1 amide bonds. The van der Waals surface area contributed by atoms with E-state index in [0.29, 0.717) is 11.4 Å². The molecule has 6 nitrogen and oxygen atoms in total. The van der Waals surface area contributed by atoms with Crippen LogP contribution in [-0.2, 0) is 14.8 Å². The molecule has 0 spiro atoms. The second kappa shape index (κ2) is 6.26. The van der Waals surface area contributed by atoms with Crippen molar-refractivity contribution in [3.05, 3.63) is 24.3 Å². The molecule has 0 heterocycles. The highest BCUT2D eigenvalue weighted by molar-refractivity contribution is 7.92. The lowest BCUT2D eigenvalue weighted by Gasteiger charge is -2.37. The van der Waals surface area contributed by atoms with Gasteiger partial charge in [0.25, 0.3) is 0 Å². The molecule has 1 aliphatic carbocycles. The van der Waals surface area contributed by atoms with E-state index in [4.69, 9.17) is 5.73 Å². The molecule has 0 bridgehead atoms. The van der Waals surface area contributed by atoms with Gasteiger partial charge in [0.1, 0.15) is 0 Å². The van der Waals surface area contributed by atoms with E-state index >= 15 is 0 Å². The van der Waals surface area contributed by atoms with E-state index in [-0.39, 0.29) is 11.8 Å². The van der Waals surface area contributed by atoms with Gasteiger partial charge in [-0.3, -0.25) is 9.52 Å². The van der Waals surface area contributed by atoms with Gasteiger partial charge in [0.05, 0.1) is 12.2 Å². The second-order valence-corrected chi connectivity index (χ2v) is 7.99. The monoisotopic (exact) mass is 325 g/mol. The van der Waals surface area contributed by atoms with Crippen LogP contribution < -0.4 is 15.8 Å². The lowest BCUT2D eigenvalue weighted by Crippen LogP contribution is -2.51. The van der Waals surface area contributed by atoms with Crippen LogP contribution in [0.2, 0.25) is 0 Å². The second-order valence-electron chi connectivity index (χ2n) is 6.25. The van der Waals surface area contributed by atoms with E-state index in [1.165, 1.54) is 0 Å². The Kier molecular flexibility index (Phi) is 4.77. The van der Waals surface area contributed by atoms with Gasteiger partial charge in [-0.15, -0.1) is 0 Å². The summed E-state index contributed by atoms with van der Waals surface area (Å²) < 4.78 is 24.7. The molecule has 2 atom stereocenters. The average molecular weight is 325 g/mol. The Morgan fingerprint density at radius 2 is 1.82 bits per heavy atom. The molecule has 7 heteroatoms. The van der Waals surface area contributed by atoms with Gasteiger partial charge in [-0.1, -0.05) is 12.8 Å². The number of sulfonamides is 1. The fourth-order valence-corrected chi connectivity index (χ4v) is 3.42. The number of carbonyl (C=O) groups excluding carboxylic acids is 1. The van der Waals surface area contributed by atoms with E-state index in [0.717, 1.165) is 31.9 Å². The van der Waals surface area contributed by atoms with Crippen LogP contribution in [0.4, 0.5) is 11.4 Å². The Bertz CT molecular complexity index is 639. The van der Waals surface area contributed by atoms with Crippen LogP contribution in [0.1, 0.15) is 32.6 Å². The summed E-state index contributed by atoms with van der Waals surface area (Å²) in [6.07, 6.45) is 4.81. The predicted molar refractivity (Wildman–Crippen MR) is 88.1 cm³/mol. The normalized spacial score (nSPS) is 25.5. The summed E-state index contributed by atoms with van der Waals surface area (Å²) in [5, 5.41) is 2.86. The van der Waals surface area contributed by atoms with E-state index in [9.17, 15) is 13.2 Å². The van der Waals surface area contributed by atoms with Crippen molar-refractivity contribution in [1.82, 2.24) is 0 Å². The molecule has 0 radical (unpaired) electrons. The standard InChI is InChI=1S/C15H23N3O3S/c1-15(16)10-4-3-5-13(15)14(19)17-11-6-8-12(9-7-11)18-22(2,20)21/h6-9,13,18H,3-5,10,16H2,1-2H3,(H,17,19).